The van der Waals surface area contributed by atoms with Crippen molar-refractivity contribution in [2.75, 3.05) is 13.2 Å². The van der Waals surface area contributed by atoms with Gasteiger partial charge >= 0.3 is 0 Å². The van der Waals surface area contributed by atoms with Crippen LogP contribution in [0, 0.1) is 0 Å². The molecule has 0 radical (unpaired) electrons. The van der Waals surface area contributed by atoms with Crippen molar-refractivity contribution in [2.24, 2.45) is 0 Å². The van der Waals surface area contributed by atoms with Gasteiger partial charge in [-0.15, -0.1) is 0 Å². The van der Waals surface area contributed by atoms with E-state index in [4.69, 9.17) is 8.85 Å². The van der Waals surface area contributed by atoms with Crippen LogP contribution in [0.1, 0.15) is 73.6 Å². The fourth-order valence-corrected chi connectivity index (χ4v) is 4.00. The van der Waals surface area contributed by atoms with Crippen LogP contribution < -0.4 is 0 Å². The number of hydrogen-bond donors (Lipinski definition) is 0. The monoisotopic (exact) mass is 360 g/mol. The van der Waals surface area contributed by atoms with E-state index in [0.29, 0.717) is 10.1 Å². The van der Waals surface area contributed by atoms with Crippen molar-refractivity contribution >= 4 is 16.6 Å². The average Bonchev–Trinajstić information content (AvgIpc) is 2.33. The van der Waals surface area contributed by atoms with Crippen molar-refractivity contribution in [3.8, 4) is 0 Å². The number of unbranched alkanes of at least 4 members (excludes halogenated alkanes) is 4. The van der Waals surface area contributed by atoms with Gasteiger partial charge in [0, 0.05) is 13.2 Å². The molecule has 0 unspecified atom stereocenters. The maximum absolute atomic E-state index is 6.22. The third-order valence-electron chi connectivity index (χ3n) is 5.83. The molecule has 0 aliphatic rings. The molecule has 0 saturated carbocycles. The van der Waals surface area contributed by atoms with E-state index in [-0.39, 0.29) is 0 Å². The predicted octanol–water partition coefficient (Wildman–Crippen LogP) is 6.98. The van der Waals surface area contributed by atoms with Gasteiger partial charge in [-0.2, -0.15) is 0 Å². The summed E-state index contributed by atoms with van der Waals surface area (Å²) in [7, 11) is -3.08. The van der Waals surface area contributed by atoms with Crippen molar-refractivity contribution in [1.29, 1.82) is 0 Å². The third kappa shape index (κ3) is 8.85. The standard InChI is InChI=1S/C19H44O2Si2/c1-18(2,3)22(7,8)20-16-14-12-11-13-15-17-21-23(9,10)19(4,5)6/h11-17H2,1-10H3. The second kappa shape index (κ2) is 9.16. The summed E-state index contributed by atoms with van der Waals surface area (Å²) in [4.78, 5) is 0. The van der Waals surface area contributed by atoms with Crippen LogP contribution in [0.25, 0.3) is 0 Å². The molecule has 0 aliphatic carbocycles. The normalized spacial score (nSPS) is 14.3. The highest BCUT2D eigenvalue weighted by Crippen LogP contribution is 2.37. The van der Waals surface area contributed by atoms with E-state index in [1.54, 1.807) is 0 Å². The summed E-state index contributed by atoms with van der Waals surface area (Å²) in [6.45, 7) is 25.1. The van der Waals surface area contributed by atoms with Gasteiger partial charge in [0.2, 0.25) is 0 Å². The van der Waals surface area contributed by atoms with E-state index in [1.807, 2.05) is 0 Å². The van der Waals surface area contributed by atoms with Gasteiger partial charge in [-0.05, 0) is 49.1 Å². The molecular formula is C19H44O2Si2. The van der Waals surface area contributed by atoms with Gasteiger partial charge in [-0.3, -0.25) is 0 Å². The van der Waals surface area contributed by atoms with Crippen molar-refractivity contribution in [1.82, 2.24) is 0 Å². The summed E-state index contributed by atoms with van der Waals surface area (Å²) in [5.74, 6) is 0. The SMILES string of the molecule is CC(C)(C)[Si](C)(C)OCCCCCCCO[Si](C)(C)C(C)(C)C. The Morgan fingerprint density at radius 1 is 0.522 bits per heavy atom. The minimum absolute atomic E-state index is 0.327. The molecule has 0 N–H and O–H groups in total. The Hall–Kier alpha value is 0.354. The molecule has 0 heterocycles. The van der Waals surface area contributed by atoms with Gasteiger partial charge in [0.25, 0.3) is 0 Å². The van der Waals surface area contributed by atoms with E-state index < -0.39 is 16.6 Å². The second-order valence-electron chi connectivity index (χ2n) is 9.99. The van der Waals surface area contributed by atoms with Crippen LogP contribution in [0.5, 0.6) is 0 Å². The van der Waals surface area contributed by atoms with Crippen LogP contribution in [0.2, 0.25) is 36.3 Å². The molecule has 140 valence electrons. The Kier molecular flexibility index (Phi) is 9.30. The van der Waals surface area contributed by atoms with Gasteiger partial charge in [-0.25, -0.2) is 0 Å². The van der Waals surface area contributed by atoms with Crippen molar-refractivity contribution in [2.45, 2.75) is 110 Å². The zero-order valence-electron chi connectivity index (χ0n) is 17.8. The molecule has 0 amide bonds. The zero-order chi connectivity index (χ0) is 18.4. The molecule has 23 heavy (non-hydrogen) atoms. The van der Waals surface area contributed by atoms with Gasteiger partial charge in [0.1, 0.15) is 0 Å². The summed E-state index contributed by atoms with van der Waals surface area (Å²) >= 11 is 0. The molecule has 0 bridgehead atoms. The highest BCUT2D eigenvalue weighted by Gasteiger charge is 2.37. The lowest BCUT2D eigenvalue weighted by atomic mass is 10.2. The fraction of sp³-hybridized carbons (Fsp3) is 1.00. The topological polar surface area (TPSA) is 18.5 Å². The van der Waals surface area contributed by atoms with Crippen LogP contribution in [0.15, 0.2) is 0 Å². The Balaban J connectivity index is 3.66. The summed E-state index contributed by atoms with van der Waals surface area (Å²) in [5.41, 5.74) is 0. The first-order valence-corrected chi connectivity index (χ1v) is 15.3. The smallest absolute Gasteiger partial charge is 0.191 e. The van der Waals surface area contributed by atoms with E-state index in [1.165, 1.54) is 32.1 Å². The summed E-state index contributed by atoms with van der Waals surface area (Å²) in [6, 6.07) is 0. The maximum Gasteiger partial charge on any atom is 0.191 e. The van der Waals surface area contributed by atoms with E-state index in [0.717, 1.165) is 13.2 Å². The van der Waals surface area contributed by atoms with Gasteiger partial charge in [-0.1, -0.05) is 60.8 Å². The van der Waals surface area contributed by atoms with Crippen molar-refractivity contribution in [3.05, 3.63) is 0 Å². The Morgan fingerprint density at radius 2 is 0.783 bits per heavy atom. The molecule has 4 heteroatoms. The summed E-state index contributed by atoms with van der Waals surface area (Å²) < 4.78 is 12.4. The van der Waals surface area contributed by atoms with Crippen molar-refractivity contribution in [3.63, 3.8) is 0 Å². The number of rotatable bonds is 10. The van der Waals surface area contributed by atoms with E-state index >= 15 is 0 Å². The van der Waals surface area contributed by atoms with Gasteiger partial charge in [0.05, 0.1) is 0 Å². The van der Waals surface area contributed by atoms with Crippen LogP contribution in [0.3, 0.4) is 0 Å². The van der Waals surface area contributed by atoms with Gasteiger partial charge < -0.3 is 8.85 Å². The molecule has 0 rings (SSSR count). The molecule has 0 atom stereocenters. The molecule has 0 fully saturated rings. The number of hydrogen-bond acceptors (Lipinski definition) is 2. The quantitative estimate of drug-likeness (QED) is 0.309. The van der Waals surface area contributed by atoms with Gasteiger partial charge in [0.15, 0.2) is 16.6 Å². The maximum atomic E-state index is 6.22. The lowest BCUT2D eigenvalue weighted by molar-refractivity contribution is 0.268. The second-order valence-corrected chi connectivity index (χ2v) is 19.6. The molecule has 0 aromatic rings. The highest BCUT2D eigenvalue weighted by molar-refractivity contribution is 6.74. The fourth-order valence-electron chi connectivity index (χ4n) is 1.82. The Bertz CT molecular complexity index is 293. The minimum atomic E-state index is -1.54. The molecule has 0 aliphatic heterocycles. The summed E-state index contributed by atoms with van der Waals surface area (Å²) in [6.07, 6.45) is 6.29. The minimum Gasteiger partial charge on any atom is -0.417 e. The third-order valence-corrected chi connectivity index (χ3v) is 14.9. The van der Waals surface area contributed by atoms with Crippen LogP contribution in [0.4, 0.5) is 0 Å². The first-order valence-electron chi connectivity index (χ1n) is 9.49. The molecule has 0 aromatic carbocycles. The van der Waals surface area contributed by atoms with Crippen LogP contribution >= 0.6 is 0 Å². The molecule has 0 saturated heterocycles. The molecule has 0 aromatic heterocycles. The highest BCUT2D eigenvalue weighted by atomic mass is 28.4. The predicted molar refractivity (Wildman–Crippen MR) is 109 cm³/mol. The molecule has 0 spiro atoms. The van der Waals surface area contributed by atoms with E-state index in [9.17, 15) is 0 Å². The summed E-state index contributed by atoms with van der Waals surface area (Å²) in [5, 5.41) is 0.655. The van der Waals surface area contributed by atoms with Crippen LogP contribution in [-0.4, -0.2) is 29.8 Å². The van der Waals surface area contributed by atoms with Crippen molar-refractivity contribution < 1.29 is 8.85 Å². The average molecular weight is 361 g/mol. The lowest BCUT2D eigenvalue weighted by Crippen LogP contribution is -2.41. The van der Waals surface area contributed by atoms with E-state index in [2.05, 4.69) is 67.7 Å². The first kappa shape index (κ1) is 23.4. The van der Waals surface area contributed by atoms with Crippen LogP contribution in [-0.2, 0) is 8.85 Å². The molecule has 2 nitrogen and oxygen atoms in total. The largest absolute Gasteiger partial charge is 0.417 e. The molecular weight excluding hydrogens is 316 g/mol. The lowest BCUT2D eigenvalue weighted by Gasteiger charge is -2.36. The zero-order valence-corrected chi connectivity index (χ0v) is 19.8. The Labute approximate surface area is 149 Å². The first-order chi connectivity index (χ1) is 10.2. The Morgan fingerprint density at radius 3 is 1.04 bits per heavy atom.